The maximum absolute atomic E-state index is 13.3. The van der Waals surface area contributed by atoms with Crippen molar-refractivity contribution in [3.8, 4) is 0 Å². The second kappa shape index (κ2) is 7.83. The molecular weight excluding hydrogens is 416 g/mol. The maximum Gasteiger partial charge on any atom is 0.333 e. The molecule has 33 heavy (non-hydrogen) atoms. The average molecular weight is 457 g/mol. The van der Waals surface area contributed by atoms with Crippen LogP contribution in [0.1, 0.15) is 78.1 Å². The summed E-state index contributed by atoms with van der Waals surface area (Å²) in [5.74, 6) is 4.36. The molecule has 0 aliphatic heterocycles. The van der Waals surface area contributed by atoms with Gasteiger partial charge in [-0.2, -0.15) is 0 Å². The van der Waals surface area contributed by atoms with E-state index in [1.165, 1.54) is 32.1 Å². The van der Waals surface area contributed by atoms with E-state index in [0.717, 1.165) is 62.4 Å². The van der Waals surface area contributed by atoms with E-state index in [1.54, 1.807) is 6.92 Å². The molecule has 0 aromatic rings. The van der Waals surface area contributed by atoms with E-state index in [4.69, 9.17) is 14.2 Å². The summed E-state index contributed by atoms with van der Waals surface area (Å²) in [5, 5.41) is 0. The molecule has 8 fully saturated rings. The van der Waals surface area contributed by atoms with Gasteiger partial charge in [0.2, 0.25) is 0 Å². The normalized spacial score (nSPS) is 48.7. The summed E-state index contributed by atoms with van der Waals surface area (Å²) in [6.45, 7) is 8.56. The molecule has 2 unspecified atom stereocenters. The topological polar surface area (TPSA) is 61.8 Å². The van der Waals surface area contributed by atoms with Crippen molar-refractivity contribution >= 4 is 11.9 Å². The van der Waals surface area contributed by atoms with Crippen molar-refractivity contribution in [2.24, 2.45) is 52.3 Å². The molecule has 8 aliphatic carbocycles. The van der Waals surface area contributed by atoms with E-state index in [9.17, 15) is 9.59 Å². The number of ether oxygens (including phenoxy) is 3. The van der Waals surface area contributed by atoms with E-state index >= 15 is 0 Å². The van der Waals surface area contributed by atoms with E-state index in [0.29, 0.717) is 11.5 Å². The van der Waals surface area contributed by atoms with Crippen LogP contribution in [0.4, 0.5) is 0 Å². The Morgan fingerprint density at radius 1 is 0.909 bits per heavy atom. The van der Waals surface area contributed by atoms with Gasteiger partial charge in [-0.05, 0) is 118 Å². The molecule has 0 heterocycles. The minimum Gasteiger partial charge on any atom is -0.458 e. The summed E-state index contributed by atoms with van der Waals surface area (Å²) < 4.78 is 17.6. The molecule has 8 rings (SSSR count). The highest BCUT2D eigenvalue weighted by molar-refractivity contribution is 5.87. The first-order valence-corrected chi connectivity index (χ1v) is 13.4. The van der Waals surface area contributed by atoms with Crippen LogP contribution in [0.3, 0.4) is 0 Å². The second-order valence-corrected chi connectivity index (χ2v) is 13.3. The van der Waals surface area contributed by atoms with Crippen LogP contribution in [0.5, 0.6) is 0 Å². The number of carbonyl (C=O) groups is 2. The molecule has 0 aromatic heterocycles. The molecular formula is C28H40O5. The standard InChI is InChI=1S/C28H40O5/c1-16(2)25(29)33-24-21-9-27(3)10-22(24)12-28(11-21,14-27)26(30)32-15-31-13-23-19-5-17-4-18(7-19)8-20(23)6-17/h17-24H,1,4-15H2,2-3H3. The van der Waals surface area contributed by atoms with Gasteiger partial charge < -0.3 is 14.2 Å². The number of hydrogen-bond donors (Lipinski definition) is 0. The minimum absolute atomic E-state index is 0.0853. The van der Waals surface area contributed by atoms with Gasteiger partial charge in [0.1, 0.15) is 6.10 Å². The molecule has 0 aromatic carbocycles. The van der Waals surface area contributed by atoms with E-state index < -0.39 is 5.41 Å². The Kier molecular flexibility index (Phi) is 5.25. The quantitative estimate of drug-likeness (QED) is 0.226. The van der Waals surface area contributed by atoms with Gasteiger partial charge >= 0.3 is 11.9 Å². The summed E-state index contributed by atoms with van der Waals surface area (Å²) >= 11 is 0. The summed E-state index contributed by atoms with van der Waals surface area (Å²) in [6.07, 6.45) is 11.4. The van der Waals surface area contributed by atoms with Gasteiger partial charge in [-0.1, -0.05) is 13.5 Å². The number of esters is 2. The maximum atomic E-state index is 13.3. The zero-order chi connectivity index (χ0) is 23.0. The molecule has 5 nitrogen and oxygen atoms in total. The minimum atomic E-state index is -0.432. The zero-order valence-corrected chi connectivity index (χ0v) is 20.4. The first-order valence-electron chi connectivity index (χ1n) is 13.4. The van der Waals surface area contributed by atoms with Gasteiger partial charge in [-0.25, -0.2) is 4.79 Å². The Hall–Kier alpha value is -1.36. The third kappa shape index (κ3) is 3.77. The molecule has 0 saturated heterocycles. The first-order chi connectivity index (χ1) is 15.7. The molecule has 2 atom stereocenters. The van der Waals surface area contributed by atoms with E-state index in [2.05, 4.69) is 13.5 Å². The predicted octanol–water partition coefficient (Wildman–Crippen LogP) is 5.28. The van der Waals surface area contributed by atoms with Crippen LogP contribution in [-0.4, -0.2) is 31.4 Å². The predicted molar refractivity (Wildman–Crippen MR) is 123 cm³/mol. The fourth-order valence-corrected chi connectivity index (χ4v) is 9.93. The number of rotatable bonds is 7. The van der Waals surface area contributed by atoms with Crippen molar-refractivity contribution in [3.63, 3.8) is 0 Å². The largest absolute Gasteiger partial charge is 0.458 e. The van der Waals surface area contributed by atoms with Crippen LogP contribution in [0.2, 0.25) is 0 Å². The molecule has 0 N–H and O–H groups in total. The van der Waals surface area contributed by atoms with Gasteiger partial charge in [-0.3, -0.25) is 4.79 Å². The van der Waals surface area contributed by atoms with Crippen molar-refractivity contribution in [1.29, 1.82) is 0 Å². The van der Waals surface area contributed by atoms with Gasteiger partial charge in [0.05, 0.1) is 12.0 Å². The lowest BCUT2D eigenvalue weighted by Crippen LogP contribution is -2.60. The van der Waals surface area contributed by atoms with Crippen LogP contribution >= 0.6 is 0 Å². The van der Waals surface area contributed by atoms with Crippen LogP contribution in [0.25, 0.3) is 0 Å². The van der Waals surface area contributed by atoms with Gasteiger partial charge in [-0.15, -0.1) is 0 Å². The lowest BCUT2D eigenvalue weighted by Gasteiger charge is -2.62. The Morgan fingerprint density at radius 3 is 2.09 bits per heavy atom. The lowest BCUT2D eigenvalue weighted by molar-refractivity contribution is -0.213. The van der Waals surface area contributed by atoms with Gasteiger partial charge in [0.25, 0.3) is 0 Å². The number of carbonyl (C=O) groups excluding carboxylic acids is 2. The Bertz CT molecular complexity index is 801. The summed E-state index contributed by atoms with van der Waals surface area (Å²) in [7, 11) is 0. The SMILES string of the molecule is C=C(C)C(=O)OC1C2CC3(C)CC1CC(C(=O)OCOCC1C4CC5CC(C4)CC1C5)(C2)C3. The highest BCUT2D eigenvalue weighted by atomic mass is 16.7. The third-order valence-electron chi connectivity index (χ3n) is 10.5. The van der Waals surface area contributed by atoms with E-state index in [1.807, 2.05) is 0 Å². The van der Waals surface area contributed by atoms with Crippen LogP contribution in [0, 0.1) is 52.3 Å². The molecule has 8 bridgehead atoms. The van der Waals surface area contributed by atoms with Crippen molar-refractivity contribution in [1.82, 2.24) is 0 Å². The Balaban J connectivity index is 1.04. The Morgan fingerprint density at radius 2 is 1.52 bits per heavy atom. The van der Waals surface area contributed by atoms with Crippen molar-refractivity contribution in [2.75, 3.05) is 13.4 Å². The van der Waals surface area contributed by atoms with Crippen molar-refractivity contribution < 1.29 is 23.8 Å². The molecule has 8 aliphatic rings. The number of hydrogen-bond acceptors (Lipinski definition) is 5. The summed E-state index contributed by atoms with van der Waals surface area (Å²) in [4.78, 5) is 25.5. The fourth-order valence-electron chi connectivity index (χ4n) is 9.93. The average Bonchev–Trinajstić information content (AvgIpc) is 2.73. The van der Waals surface area contributed by atoms with E-state index in [-0.39, 0.29) is 42.1 Å². The van der Waals surface area contributed by atoms with Gasteiger partial charge in [0.15, 0.2) is 6.79 Å². The molecule has 5 heteroatoms. The summed E-state index contributed by atoms with van der Waals surface area (Å²) in [6, 6.07) is 0. The smallest absolute Gasteiger partial charge is 0.333 e. The van der Waals surface area contributed by atoms with Gasteiger partial charge in [0, 0.05) is 5.57 Å². The van der Waals surface area contributed by atoms with Crippen LogP contribution in [0.15, 0.2) is 12.2 Å². The first kappa shape index (κ1) is 22.1. The van der Waals surface area contributed by atoms with Crippen molar-refractivity contribution in [3.05, 3.63) is 12.2 Å². The van der Waals surface area contributed by atoms with Crippen molar-refractivity contribution in [2.45, 2.75) is 84.2 Å². The Labute approximate surface area is 198 Å². The summed E-state index contributed by atoms with van der Waals surface area (Å²) in [5.41, 5.74) is 0.150. The molecule has 0 spiro atoms. The second-order valence-electron chi connectivity index (χ2n) is 13.3. The molecule has 0 radical (unpaired) electrons. The molecule has 8 saturated carbocycles. The molecule has 0 amide bonds. The monoisotopic (exact) mass is 456 g/mol. The lowest BCUT2D eigenvalue weighted by atomic mass is 9.43. The highest BCUT2D eigenvalue weighted by Gasteiger charge is 2.64. The van der Waals surface area contributed by atoms with Crippen LogP contribution in [-0.2, 0) is 23.8 Å². The zero-order valence-electron chi connectivity index (χ0n) is 20.4. The third-order valence-corrected chi connectivity index (χ3v) is 10.5. The van der Waals surface area contributed by atoms with Crippen LogP contribution < -0.4 is 0 Å². The highest BCUT2D eigenvalue weighted by Crippen LogP contribution is 2.66. The fraction of sp³-hybridized carbons (Fsp3) is 0.857. The molecule has 182 valence electrons.